The number of fused-ring (bicyclic) bond motifs is 2. The second-order valence-electron chi connectivity index (χ2n) is 6.11. The van der Waals surface area contributed by atoms with Crippen molar-refractivity contribution in [2.45, 2.75) is 32.7 Å². The number of nitrogens with zero attached hydrogens (tertiary/aromatic N) is 1. The van der Waals surface area contributed by atoms with Gasteiger partial charge in [-0.25, -0.2) is 0 Å². The van der Waals surface area contributed by atoms with Gasteiger partial charge in [0.1, 0.15) is 0 Å². The van der Waals surface area contributed by atoms with Crippen LogP contribution in [0.4, 0.5) is 0 Å². The Morgan fingerprint density at radius 1 is 1.25 bits per heavy atom. The quantitative estimate of drug-likeness (QED) is 0.830. The first-order chi connectivity index (χ1) is 9.72. The molecule has 20 heavy (non-hydrogen) atoms. The van der Waals surface area contributed by atoms with Gasteiger partial charge >= 0.3 is 0 Å². The van der Waals surface area contributed by atoms with Crippen molar-refractivity contribution in [3.8, 4) is 11.5 Å². The van der Waals surface area contributed by atoms with Crippen LogP contribution < -0.4 is 9.47 Å². The first-order valence-corrected chi connectivity index (χ1v) is 7.42. The average molecular weight is 273 g/mol. The molecular weight excluding hydrogens is 254 g/mol. The lowest BCUT2D eigenvalue weighted by molar-refractivity contribution is -0.136. The van der Waals surface area contributed by atoms with Gasteiger partial charge in [-0.1, -0.05) is 6.92 Å². The molecule has 0 N–H and O–H groups in total. The van der Waals surface area contributed by atoms with E-state index in [1.165, 1.54) is 24.0 Å². The smallest absolute Gasteiger partial charge is 0.231 e. The summed E-state index contributed by atoms with van der Waals surface area (Å²) in [4.78, 5) is 14.5. The van der Waals surface area contributed by atoms with Gasteiger partial charge < -0.3 is 14.4 Å². The number of carbonyl (C=O) groups is 1. The molecule has 1 aliphatic carbocycles. The molecule has 1 saturated carbocycles. The number of hydrogen-bond donors (Lipinski definition) is 0. The zero-order valence-corrected chi connectivity index (χ0v) is 11.7. The van der Waals surface area contributed by atoms with Crippen molar-refractivity contribution in [3.05, 3.63) is 23.3 Å². The van der Waals surface area contributed by atoms with Crippen molar-refractivity contribution in [1.82, 2.24) is 4.90 Å². The van der Waals surface area contributed by atoms with Crippen LogP contribution in [0.15, 0.2) is 12.1 Å². The van der Waals surface area contributed by atoms with Gasteiger partial charge in [0.15, 0.2) is 11.5 Å². The van der Waals surface area contributed by atoms with E-state index in [0.29, 0.717) is 25.2 Å². The van der Waals surface area contributed by atoms with E-state index in [-0.39, 0.29) is 5.92 Å². The SMILES string of the molecule is CC(C(=O)N1CCc2cc3c(cc2C1)OCO3)C1CC1. The van der Waals surface area contributed by atoms with Gasteiger partial charge in [-0.2, -0.15) is 0 Å². The average Bonchev–Trinajstić information content (AvgIpc) is 3.22. The van der Waals surface area contributed by atoms with E-state index in [1.54, 1.807) is 0 Å². The molecule has 2 heterocycles. The molecule has 3 aliphatic rings. The highest BCUT2D eigenvalue weighted by molar-refractivity contribution is 5.79. The molecule has 0 spiro atoms. The van der Waals surface area contributed by atoms with Gasteiger partial charge in [0.25, 0.3) is 0 Å². The van der Waals surface area contributed by atoms with Crippen LogP contribution in [-0.2, 0) is 17.8 Å². The zero-order chi connectivity index (χ0) is 13.7. The summed E-state index contributed by atoms with van der Waals surface area (Å²) < 4.78 is 10.8. The minimum Gasteiger partial charge on any atom is -0.454 e. The van der Waals surface area contributed by atoms with Crippen LogP contribution in [0.5, 0.6) is 11.5 Å². The fraction of sp³-hybridized carbons (Fsp3) is 0.562. The number of rotatable bonds is 2. The molecule has 1 fully saturated rings. The minimum absolute atomic E-state index is 0.186. The summed E-state index contributed by atoms with van der Waals surface area (Å²) in [5, 5.41) is 0. The Morgan fingerprint density at radius 2 is 1.95 bits per heavy atom. The summed E-state index contributed by atoms with van der Waals surface area (Å²) in [6.45, 7) is 3.92. The van der Waals surface area contributed by atoms with Gasteiger partial charge in [-0.05, 0) is 48.4 Å². The van der Waals surface area contributed by atoms with Gasteiger partial charge in [0.05, 0.1) is 0 Å². The number of hydrogen-bond acceptors (Lipinski definition) is 3. The Bertz CT molecular complexity index is 565. The normalized spacial score (nSPS) is 21.6. The minimum atomic E-state index is 0.186. The lowest BCUT2D eigenvalue weighted by atomic mass is 9.96. The predicted octanol–water partition coefficient (Wildman–Crippen LogP) is 2.35. The molecule has 4 heteroatoms. The molecule has 1 amide bonds. The zero-order valence-electron chi connectivity index (χ0n) is 11.7. The molecule has 0 aromatic heterocycles. The van der Waals surface area contributed by atoms with Crippen molar-refractivity contribution in [2.24, 2.45) is 11.8 Å². The van der Waals surface area contributed by atoms with E-state index in [9.17, 15) is 4.79 Å². The highest BCUT2D eigenvalue weighted by atomic mass is 16.7. The number of carbonyl (C=O) groups excluding carboxylic acids is 1. The highest BCUT2D eigenvalue weighted by Crippen LogP contribution is 2.39. The first kappa shape index (κ1) is 12.1. The lowest BCUT2D eigenvalue weighted by Crippen LogP contribution is -2.39. The topological polar surface area (TPSA) is 38.8 Å². The molecule has 0 bridgehead atoms. The molecule has 1 aromatic rings. The van der Waals surface area contributed by atoms with Crippen molar-refractivity contribution < 1.29 is 14.3 Å². The lowest BCUT2D eigenvalue weighted by Gasteiger charge is -2.31. The molecule has 1 unspecified atom stereocenters. The number of ether oxygens (including phenoxy) is 2. The van der Waals surface area contributed by atoms with Crippen molar-refractivity contribution >= 4 is 5.91 Å². The van der Waals surface area contributed by atoms with Crippen molar-refractivity contribution in [1.29, 1.82) is 0 Å². The molecule has 2 aliphatic heterocycles. The van der Waals surface area contributed by atoms with E-state index >= 15 is 0 Å². The Balaban J connectivity index is 1.55. The maximum absolute atomic E-state index is 12.5. The van der Waals surface area contributed by atoms with Crippen LogP contribution >= 0.6 is 0 Å². The van der Waals surface area contributed by atoms with Crippen molar-refractivity contribution in [2.75, 3.05) is 13.3 Å². The maximum atomic E-state index is 12.5. The summed E-state index contributed by atoms with van der Waals surface area (Å²) in [5.41, 5.74) is 2.49. The predicted molar refractivity (Wildman–Crippen MR) is 73.6 cm³/mol. The molecule has 4 rings (SSSR count). The van der Waals surface area contributed by atoms with Gasteiger partial charge in [0, 0.05) is 19.0 Å². The van der Waals surface area contributed by atoms with Crippen LogP contribution in [-0.4, -0.2) is 24.1 Å². The van der Waals surface area contributed by atoms with E-state index in [1.807, 2.05) is 11.0 Å². The Kier molecular flexibility index (Phi) is 2.65. The molecule has 0 radical (unpaired) electrons. The Morgan fingerprint density at radius 3 is 2.65 bits per heavy atom. The van der Waals surface area contributed by atoms with Crippen LogP contribution in [0.2, 0.25) is 0 Å². The third-order valence-corrected chi connectivity index (χ3v) is 4.74. The monoisotopic (exact) mass is 273 g/mol. The van der Waals surface area contributed by atoms with Gasteiger partial charge in [-0.3, -0.25) is 4.79 Å². The second kappa shape index (κ2) is 4.40. The fourth-order valence-electron chi connectivity index (χ4n) is 3.22. The Hall–Kier alpha value is -1.71. The Labute approximate surface area is 118 Å². The first-order valence-electron chi connectivity index (χ1n) is 7.42. The van der Waals surface area contributed by atoms with Crippen molar-refractivity contribution in [3.63, 3.8) is 0 Å². The van der Waals surface area contributed by atoms with Crippen LogP contribution in [0, 0.1) is 11.8 Å². The van der Waals surface area contributed by atoms with E-state index in [4.69, 9.17) is 9.47 Å². The molecule has 1 aromatic carbocycles. The molecule has 4 nitrogen and oxygen atoms in total. The highest BCUT2D eigenvalue weighted by Gasteiger charge is 2.36. The van der Waals surface area contributed by atoms with E-state index in [2.05, 4.69) is 13.0 Å². The largest absolute Gasteiger partial charge is 0.454 e. The fourth-order valence-corrected chi connectivity index (χ4v) is 3.22. The summed E-state index contributed by atoms with van der Waals surface area (Å²) in [6.07, 6.45) is 3.35. The number of amides is 1. The molecule has 1 atom stereocenters. The summed E-state index contributed by atoms with van der Waals surface area (Å²) >= 11 is 0. The van der Waals surface area contributed by atoms with Crippen LogP contribution in [0.1, 0.15) is 30.9 Å². The number of benzene rings is 1. The second-order valence-corrected chi connectivity index (χ2v) is 6.11. The molecule has 0 saturated heterocycles. The maximum Gasteiger partial charge on any atom is 0.231 e. The third kappa shape index (κ3) is 1.94. The standard InChI is InChI=1S/C16H19NO3/c1-10(11-2-3-11)16(18)17-5-4-12-6-14-15(20-9-19-14)7-13(12)8-17/h6-7,10-11H,2-5,8-9H2,1H3. The summed E-state index contributed by atoms with van der Waals surface area (Å²) in [5.74, 6) is 2.78. The van der Waals surface area contributed by atoms with E-state index in [0.717, 1.165) is 24.5 Å². The van der Waals surface area contributed by atoms with Crippen LogP contribution in [0.3, 0.4) is 0 Å². The van der Waals surface area contributed by atoms with E-state index < -0.39 is 0 Å². The van der Waals surface area contributed by atoms with Crippen LogP contribution in [0.25, 0.3) is 0 Å². The summed E-state index contributed by atoms with van der Waals surface area (Å²) in [6, 6.07) is 4.11. The summed E-state index contributed by atoms with van der Waals surface area (Å²) in [7, 11) is 0. The third-order valence-electron chi connectivity index (χ3n) is 4.74. The molecule has 106 valence electrons. The van der Waals surface area contributed by atoms with Gasteiger partial charge in [-0.15, -0.1) is 0 Å². The van der Waals surface area contributed by atoms with Gasteiger partial charge in [0.2, 0.25) is 12.7 Å². The molecular formula is C16H19NO3.